The van der Waals surface area contributed by atoms with E-state index in [1.165, 1.54) is 35.7 Å². The summed E-state index contributed by atoms with van der Waals surface area (Å²) < 4.78 is 32.1. The van der Waals surface area contributed by atoms with Gasteiger partial charge in [0.2, 0.25) is 10.0 Å². The zero-order valence-electron chi connectivity index (χ0n) is 16.2. The van der Waals surface area contributed by atoms with E-state index >= 15 is 0 Å². The predicted octanol–water partition coefficient (Wildman–Crippen LogP) is 2.24. The summed E-state index contributed by atoms with van der Waals surface area (Å²) in [6, 6.07) is 15.4. The lowest BCUT2D eigenvalue weighted by atomic mass is 10.1. The molecule has 0 saturated carbocycles. The molecule has 152 valence electrons. The minimum absolute atomic E-state index is 0.172. The van der Waals surface area contributed by atoms with Crippen molar-refractivity contribution in [1.82, 2.24) is 9.21 Å². The molecule has 0 atom stereocenters. The molecule has 3 rings (SSSR count). The van der Waals surface area contributed by atoms with Crippen LogP contribution in [0.15, 0.2) is 53.4 Å². The lowest BCUT2D eigenvalue weighted by Gasteiger charge is -2.22. The average molecular weight is 413 g/mol. The van der Waals surface area contributed by atoms with E-state index < -0.39 is 16.0 Å². The maximum absolute atomic E-state index is 13.0. The first-order chi connectivity index (χ1) is 13.9. The third kappa shape index (κ3) is 5.01. The molecule has 0 spiro atoms. The molecular weight excluding hydrogens is 390 g/mol. The lowest BCUT2D eigenvalue weighted by Crippen LogP contribution is -2.35. The van der Waals surface area contributed by atoms with Gasteiger partial charge in [-0.3, -0.25) is 4.90 Å². The van der Waals surface area contributed by atoms with Crippen LogP contribution in [0.1, 0.15) is 27.9 Å². The van der Waals surface area contributed by atoms with Crippen LogP contribution in [0.4, 0.5) is 0 Å². The number of methoxy groups -OCH3 is 1. The number of benzene rings is 2. The Balaban J connectivity index is 1.66. The van der Waals surface area contributed by atoms with Crippen molar-refractivity contribution >= 4 is 16.0 Å². The van der Waals surface area contributed by atoms with Crippen molar-refractivity contribution in [3.8, 4) is 6.07 Å². The molecule has 7 nitrogen and oxygen atoms in total. The third-order valence-corrected chi connectivity index (χ3v) is 6.86. The second kappa shape index (κ2) is 9.18. The minimum Gasteiger partial charge on any atom is -0.465 e. The molecule has 1 saturated heterocycles. The molecule has 0 aliphatic carbocycles. The SMILES string of the molecule is COC(=O)c1ccc(S(=O)(=O)N2CCCN(Cc3ccc(C#N)cc3)CC2)cc1. The minimum atomic E-state index is -3.62. The van der Waals surface area contributed by atoms with Gasteiger partial charge >= 0.3 is 5.97 Å². The Bertz CT molecular complexity index is 996. The smallest absolute Gasteiger partial charge is 0.337 e. The molecule has 8 heteroatoms. The molecule has 2 aromatic carbocycles. The van der Waals surface area contributed by atoms with E-state index in [2.05, 4.69) is 15.7 Å². The van der Waals surface area contributed by atoms with Gasteiger partial charge in [0, 0.05) is 26.2 Å². The zero-order chi connectivity index (χ0) is 20.9. The number of esters is 1. The van der Waals surface area contributed by atoms with E-state index in [1.807, 2.05) is 12.1 Å². The van der Waals surface area contributed by atoms with E-state index in [4.69, 9.17) is 5.26 Å². The normalized spacial score (nSPS) is 16.0. The fourth-order valence-corrected chi connectivity index (χ4v) is 4.79. The standard InChI is InChI=1S/C21H23N3O4S/c1-28-21(25)19-7-9-20(10-8-19)29(26,27)24-12-2-11-23(13-14-24)16-18-5-3-17(15-22)4-6-18/h3-10H,2,11-14,16H2,1H3. The average Bonchev–Trinajstić information content (AvgIpc) is 3.00. The molecule has 29 heavy (non-hydrogen) atoms. The highest BCUT2D eigenvalue weighted by Gasteiger charge is 2.27. The Labute approximate surface area is 171 Å². The molecule has 1 heterocycles. The second-order valence-corrected chi connectivity index (χ2v) is 8.80. The van der Waals surface area contributed by atoms with Crippen LogP contribution in [0.25, 0.3) is 0 Å². The van der Waals surface area contributed by atoms with E-state index in [0.29, 0.717) is 37.3 Å². The summed E-state index contributed by atoms with van der Waals surface area (Å²) in [5, 5.41) is 8.90. The molecule has 0 amide bonds. The number of nitriles is 1. The summed E-state index contributed by atoms with van der Waals surface area (Å²) in [5.74, 6) is -0.498. The highest BCUT2D eigenvalue weighted by Crippen LogP contribution is 2.19. The van der Waals surface area contributed by atoms with Gasteiger partial charge < -0.3 is 4.74 Å². The zero-order valence-corrected chi connectivity index (χ0v) is 17.1. The molecule has 0 bridgehead atoms. The molecule has 1 aliphatic heterocycles. The highest BCUT2D eigenvalue weighted by atomic mass is 32.2. The molecule has 1 fully saturated rings. The van der Waals surface area contributed by atoms with Gasteiger partial charge in [-0.05, 0) is 54.9 Å². The van der Waals surface area contributed by atoms with Gasteiger partial charge in [-0.15, -0.1) is 0 Å². The molecule has 0 unspecified atom stereocenters. The third-order valence-electron chi connectivity index (χ3n) is 4.95. The number of hydrogen-bond acceptors (Lipinski definition) is 6. The largest absolute Gasteiger partial charge is 0.465 e. The van der Waals surface area contributed by atoms with Gasteiger partial charge in [-0.1, -0.05) is 12.1 Å². The predicted molar refractivity (Wildman–Crippen MR) is 108 cm³/mol. The van der Waals surface area contributed by atoms with Crippen molar-refractivity contribution in [3.05, 3.63) is 65.2 Å². The fraction of sp³-hybridized carbons (Fsp3) is 0.333. The maximum atomic E-state index is 13.0. The number of carbonyl (C=O) groups is 1. The Morgan fingerprint density at radius 2 is 1.72 bits per heavy atom. The first-order valence-electron chi connectivity index (χ1n) is 9.34. The van der Waals surface area contributed by atoms with E-state index in [-0.39, 0.29) is 4.90 Å². The maximum Gasteiger partial charge on any atom is 0.337 e. The summed E-state index contributed by atoms with van der Waals surface area (Å²) in [6.07, 6.45) is 0.732. The monoisotopic (exact) mass is 413 g/mol. The van der Waals surface area contributed by atoms with Crippen molar-refractivity contribution < 1.29 is 17.9 Å². The Morgan fingerprint density at radius 1 is 1.03 bits per heavy atom. The molecule has 0 N–H and O–H groups in total. The number of nitrogens with zero attached hydrogens (tertiary/aromatic N) is 3. The Kier molecular flexibility index (Phi) is 6.64. The topological polar surface area (TPSA) is 90.7 Å². The van der Waals surface area contributed by atoms with Gasteiger partial charge in [0.1, 0.15) is 0 Å². The van der Waals surface area contributed by atoms with Crippen LogP contribution in [-0.4, -0.2) is 56.9 Å². The molecule has 1 aliphatic rings. The van der Waals surface area contributed by atoms with Crippen molar-refractivity contribution in [2.75, 3.05) is 33.3 Å². The van der Waals surface area contributed by atoms with Gasteiger partial charge in [0.25, 0.3) is 0 Å². The molecule has 0 aromatic heterocycles. The number of hydrogen-bond donors (Lipinski definition) is 0. The van der Waals surface area contributed by atoms with Crippen molar-refractivity contribution in [3.63, 3.8) is 0 Å². The van der Waals surface area contributed by atoms with Crippen LogP contribution in [0, 0.1) is 11.3 Å². The first-order valence-corrected chi connectivity index (χ1v) is 10.8. The summed E-state index contributed by atoms with van der Waals surface area (Å²) in [6.45, 7) is 2.99. The fourth-order valence-electron chi connectivity index (χ4n) is 3.32. The van der Waals surface area contributed by atoms with Crippen LogP contribution in [-0.2, 0) is 21.3 Å². The number of ether oxygens (including phenoxy) is 1. The Morgan fingerprint density at radius 3 is 2.34 bits per heavy atom. The highest BCUT2D eigenvalue weighted by molar-refractivity contribution is 7.89. The summed E-state index contributed by atoms with van der Waals surface area (Å²) >= 11 is 0. The van der Waals surface area contributed by atoms with E-state index in [9.17, 15) is 13.2 Å². The summed E-state index contributed by atoms with van der Waals surface area (Å²) in [5.41, 5.74) is 2.04. The number of sulfonamides is 1. The summed E-state index contributed by atoms with van der Waals surface area (Å²) in [4.78, 5) is 13.9. The summed E-state index contributed by atoms with van der Waals surface area (Å²) in [7, 11) is -2.34. The molecule has 2 aromatic rings. The van der Waals surface area contributed by atoms with Crippen LogP contribution in [0.2, 0.25) is 0 Å². The van der Waals surface area contributed by atoms with Gasteiger partial charge in [-0.2, -0.15) is 9.57 Å². The molecule has 0 radical (unpaired) electrons. The van der Waals surface area contributed by atoms with Crippen LogP contribution >= 0.6 is 0 Å². The van der Waals surface area contributed by atoms with Crippen LogP contribution in [0.5, 0.6) is 0 Å². The van der Waals surface area contributed by atoms with Crippen molar-refractivity contribution in [2.45, 2.75) is 17.9 Å². The van der Waals surface area contributed by atoms with Crippen LogP contribution < -0.4 is 0 Å². The second-order valence-electron chi connectivity index (χ2n) is 6.86. The van der Waals surface area contributed by atoms with Crippen LogP contribution in [0.3, 0.4) is 0 Å². The van der Waals surface area contributed by atoms with Crippen molar-refractivity contribution in [1.29, 1.82) is 5.26 Å². The van der Waals surface area contributed by atoms with Gasteiger partial charge in [0.05, 0.1) is 29.2 Å². The Hall–Kier alpha value is -2.73. The van der Waals surface area contributed by atoms with E-state index in [0.717, 1.165) is 18.5 Å². The lowest BCUT2D eigenvalue weighted by molar-refractivity contribution is 0.0600. The van der Waals surface area contributed by atoms with Gasteiger partial charge in [0.15, 0.2) is 0 Å². The number of carbonyl (C=O) groups excluding carboxylic acids is 1. The van der Waals surface area contributed by atoms with Crippen molar-refractivity contribution in [2.24, 2.45) is 0 Å². The molecular formula is C21H23N3O4S. The number of rotatable bonds is 5. The quantitative estimate of drug-likeness (QED) is 0.699. The first kappa shape index (κ1) is 21.0. The van der Waals surface area contributed by atoms with Gasteiger partial charge in [-0.25, -0.2) is 13.2 Å². The van der Waals surface area contributed by atoms with E-state index in [1.54, 1.807) is 12.1 Å².